The van der Waals surface area contributed by atoms with Crippen molar-refractivity contribution in [1.29, 1.82) is 0 Å². The molecule has 0 spiro atoms. The molecule has 5 rings (SSSR count). The lowest BCUT2D eigenvalue weighted by molar-refractivity contribution is -0.137. The Hall–Kier alpha value is -4.36. The van der Waals surface area contributed by atoms with E-state index >= 15 is 0 Å². The van der Waals surface area contributed by atoms with Gasteiger partial charge in [0.15, 0.2) is 0 Å². The third-order valence-corrected chi connectivity index (χ3v) is 6.32. The zero-order valence-corrected chi connectivity index (χ0v) is 20.3. The summed E-state index contributed by atoms with van der Waals surface area (Å²) in [6, 6.07) is 6.92. The van der Waals surface area contributed by atoms with Gasteiger partial charge >= 0.3 is 12.1 Å². The number of ether oxygens (including phenoxy) is 1. The second-order valence-electron chi connectivity index (χ2n) is 8.42. The average Bonchev–Trinajstić information content (AvgIpc) is 3.55. The van der Waals surface area contributed by atoms with Crippen LogP contribution in [-0.2, 0) is 10.9 Å². The zero-order chi connectivity index (χ0) is 28.1. The van der Waals surface area contributed by atoms with E-state index in [9.17, 15) is 31.9 Å². The normalized spacial score (nSPS) is 13.7. The fraction of sp³-hybridized carbons (Fsp3) is 0.160. The number of hydrogen-bond donors (Lipinski definition) is 1. The first kappa shape index (κ1) is 26.3. The maximum Gasteiger partial charge on any atom is 0.417 e. The molecule has 0 aliphatic carbocycles. The summed E-state index contributed by atoms with van der Waals surface area (Å²) in [5.41, 5.74) is -3.48. The number of carboxylic acids is 1. The number of rotatable bonds is 4. The number of fused-ring (bicyclic) bond motifs is 1. The minimum absolute atomic E-state index is 0.00994. The monoisotopic (exact) mass is 562 g/mol. The number of nitrogens with zero attached hydrogens (tertiary/aromatic N) is 4. The molecule has 1 amide bonds. The van der Waals surface area contributed by atoms with Crippen LogP contribution in [0.15, 0.2) is 48.7 Å². The highest BCUT2D eigenvalue weighted by atomic mass is 35.5. The van der Waals surface area contributed by atoms with E-state index in [-0.39, 0.29) is 46.7 Å². The molecule has 0 bridgehead atoms. The van der Waals surface area contributed by atoms with Crippen LogP contribution in [0, 0.1) is 5.82 Å². The van der Waals surface area contributed by atoms with Crippen LogP contribution in [-0.4, -0.2) is 62.4 Å². The number of carboxylic acid groups (broad SMARTS) is 1. The summed E-state index contributed by atoms with van der Waals surface area (Å²) < 4.78 is 62.0. The van der Waals surface area contributed by atoms with Gasteiger partial charge in [0.1, 0.15) is 23.8 Å². The standard InChI is InChI=1S/C25H15ClF4N4O5/c26-16-3-1-2-15(25(28,29)30)19(16)23(36)34-18-9-13(22(35)33-6-7-39-11-33)10-31-21(18)20(32-34)14-5-4-12(24(37)38)8-17(14)27/h1-5,8-10H,6-7,11H2,(H,37,38). The maximum atomic E-state index is 15.0. The van der Waals surface area contributed by atoms with Crippen molar-refractivity contribution in [3.8, 4) is 11.3 Å². The molecule has 2 aromatic carbocycles. The van der Waals surface area contributed by atoms with Crippen LogP contribution in [0.4, 0.5) is 17.6 Å². The Morgan fingerprint density at radius 3 is 2.46 bits per heavy atom. The predicted octanol–water partition coefficient (Wildman–Crippen LogP) is 4.73. The van der Waals surface area contributed by atoms with E-state index in [4.69, 9.17) is 21.4 Å². The van der Waals surface area contributed by atoms with Crippen molar-refractivity contribution < 1.29 is 41.8 Å². The zero-order valence-electron chi connectivity index (χ0n) is 19.5. The van der Waals surface area contributed by atoms with Gasteiger partial charge in [-0.2, -0.15) is 23.0 Å². The van der Waals surface area contributed by atoms with Crippen LogP contribution in [0.25, 0.3) is 22.3 Å². The predicted molar refractivity (Wildman–Crippen MR) is 128 cm³/mol. The molecule has 39 heavy (non-hydrogen) atoms. The minimum Gasteiger partial charge on any atom is -0.478 e. The quantitative estimate of drug-likeness (QED) is 0.358. The minimum atomic E-state index is -4.95. The van der Waals surface area contributed by atoms with E-state index in [0.717, 1.165) is 36.5 Å². The molecular weight excluding hydrogens is 548 g/mol. The number of aromatic carboxylic acids is 1. The van der Waals surface area contributed by atoms with Crippen LogP contribution in [0.5, 0.6) is 0 Å². The van der Waals surface area contributed by atoms with E-state index in [2.05, 4.69) is 10.1 Å². The summed E-state index contributed by atoms with van der Waals surface area (Å²) in [5, 5.41) is 12.7. The molecular formula is C25H15ClF4N4O5. The molecule has 2 aromatic heterocycles. The second kappa shape index (κ2) is 9.75. The van der Waals surface area contributed by atoms with Crippen LogP contribution in [0.3, 0.4) is 0 Å². The van der Waals surface area contributed by atoms with Gasteiger partial charge in [-0.25, -0.2) is 9.18 Å². The Morgan fingerprint density at radius 1 is 1.05 bits per heavy atom. The third-order valence-electron chi connectivity index (χ3n) is 6.00. The van der Waals surface area contributed by atoms with Crippen molar-refractivity contribution in [3.63, 3.8) is 0 Å². The summed E-state index contributed by atoms with van der Waals surface area (Å²) >= 11 is 6.03. The highest BCUT2D eigenvalue weighted by Crippen LogP contribution is 2.37. The molecule has 3 heterocycles. The highest BCUT2D eigenvalue weighted by molar-refractivity contribution is 6.34. The number of pyridine rings is 1. The molecule has 0 radical (unpaired) electrons. The molecule has 0 saturated carbocycles. The number of benzene rings is 2. The third kappa shape index (κ3) is 4.70. The first-order valence-electron chi connectivity index (χ1n) is 11.2. The topological polar surface area (TPSA) is 115 Å². The van der Waals surface area contributed by atoms with Crippen molar-refractivity contribution >= 4 is 40.4 Å². The van der Waals surface area contributed by atoms with Crippen LogP contribution in [0.1, 0.15) is 36.6 Å². The summed E-state index contributed by atoms with van der Waals surface area (Å²) in [6.45, 7) is 0.604. The maximum absolute atomic E-state index is 15.0. The molecule has 0 unspecified atom stereocenters. The average molecular weight is 563 g/mol. The summed E-state index contributed by atoms with van der Waals surface area (Å²) in [4.78, 5) is 43.2. The number of carbonyl (C=O) groups is 3. The fourth-order valence-electron chi connectivity index (χ4n) is 4.13. The van der Waals surface area contributed by atoms with Crippen LogP contribution >= 0.6 is 11.6 Å². The first-order chi connectivity index (χ1) is 18.5. The van der Waals surface area contributed by atoms with Crippen molar-refractivity contribution in [2.24, 2.45) is 0 Å². The molecule has 1 aliphatic rings. The van der Waals surface area contributed by atoms with Gasteiger partial charge in [0, 0.05) is 18.3 Å². The number of hydrogen-bond acceptors (Lipinski definition) is 6. The van der Waals surface area contributed by atoms with Crippen LogP contribution in [0.2, 0.25) is 5.02 Å². The van der Waals surface area contributed by atoms with Gasteiger partial charge in [-0.3, -0.25) is 14.6 Å². The number of alkyl halides is 3. The smallest absolute Gasteiger partial charge is 0.417 e. The number of halogens is 5. The fourth-order valence-corrected chi connectivity index (χ4v) is 4.39. The lowest BCUT2D eigenvalue weighted by Crippen LogP contribution is -2.28. The van der Waals surface area contributed by atoms with Gasteiger partial charge < -0.3 is 14.7 Å². The molecule has 1 N–H and O–H groups in total. The molecule has 4 aromatic rings. The molecule has 0 atom stereocenters. The van der Waals surface area contributed by atoms with Gasteiger partial charge in [-0.1, -0.05) is 17.7 Å². The van der Waals surface area contributed by atoms with Gasteiger partial charge in [0.05, 0.1) is 39.4 Å². The van der Waals surface area contributed by atoms with Gasteiger partial charge in [-0.05, 0) is 36.4 Å². The van der Waals surface area contributed by atoms with Crippen molar-refractivity contribution in [2.75, 3.05) is 19.9 Å². The summed E-state index contributed by atoms with van der Waals surface area (Å²) in [5.74, 6) is -4.24. The van der Waals surface area contributed by atoms with Gasteiger partial charge in [0.25, 0.3) is 11.8 Å². The highest BCUT2D eigenvalue weighted by Gasteiger charge is 2.37. The lowest BCUT2D eigenvalue weighted by atomic mass is 10.1. The van der Waals surface area contributed by atoms with Crippen LogP contribution < -0.4 is 0 Å². The Bertz CT molecular complexity index is 1660. The van der Waals surface area contributed by atoms with Gasteiger partial charge in [-0.15, -0.1) is 0 Å². The van der Waals surface area contributed by atoms with Crippen molar-refractivity contribution in [3.05, 3.63) is 81.8 Å². The summed E-state index contributed by atoms with van der Waals surface area (Å²) in [6.07, 6.45) is -3.79. The van der Waals surface area contributed by atoms with E-state index < -0.39 is 45.9 Å². The Balaban J connectivity index is 1.74. The molecule has 1 saturated heterocycles. The van der Waals surface area contributed by atoms with E-state index in [1.165, 1.54) is 11.0 Å². The molecule has 14 heteroatoms. The van der Waals surface area contributed by atoms with E-state index in [1.807, 2.05) is 0 Å². The van der Waals surface area contributed by atoms with Crippen molar-refractivity contribution in [1.82, 2.24) is 19.7 Å². The first-order valence-corrected chi connectivity index (χ1v) is 11.5. The second-order valence-corrected chi connectivity index (χ2v) is 8.83. The van der Waals surface area contributed by atoms with E-state index in [0.29, 0.717) is 17.4 Å². The number of carbonyl (C=O) groups excluding carboxylic acids is 2. The van der Waals surface area contributed by atoms with Crippen molar-refractivity contribution in [2.45, 2.75) is 6.18 Å². The molecule has 9 nitrogen and oxygen atoms in total. The summed E-state index contributed by atoms with van der Waals surface area (Å²) in [7, 11) is 0. The lowest BCUT2D eigenvalue weighted by Gasteiger charge is -2.14. The largest absolute Gasteiger partial charge is 0.478 e. The number of aromatic nitrogens is 3. The Morgan fingerprint density at radius 2 is 1.82 bits per heavy atom. The molecule has 200 valence electrons. The molecule has 1 aliphatic heterocycles. The Kier molecular flexibility index (Phi) is 6.56. The van der Waals surface area contributed by atoms with Gasteiger partial charge in [0.2, 0.25) is 0 Å². The van der Waals surface area contributed by atoms with E-state index in [1.54, 1.807) is 0 Å². The SMILES string of the molecule is O=C(O)c1ccc(-c2nn(C(=O)c3c(Cl)cccc3C(F)(F)F)c3cc(C(=O)N4CCOC4)cnc23)c(F)c1. The Labute approximate surface area is 221 Å². The number of amides is 1. The molecule has 1 fully saturated rings.